The molecule has 22 nitrogen and oxygen atoms in total. The molecule has 7 heterocycles. The van der Waals surface area contributed by atoms with Crippen molar-refractivity contribution in [2.24, 2.45) is 29.2 Å². The number of hydrogen-bond donors (Lipinski definition) is 8. The third-order valence-electron chi connectivity index (χ3n) is 17.5. The van der Waals surface area contributed by atoms with Gasteiger partial charge in [-0.1, -0.05) is 46.1 Å². The van der Waals surface area contributed by atoms with Gasteiger partial charge in [0.2, 0.25) is 11.8 Å². The lowest BCUT2D eigenvalue weighted by atomic mass is 9.85. The molecule has 19 atom stereocenters. The normalized spacial score (nSPS) is 34.6. The molecule has 5 amide bonds. The summed E-state index contributed by atoms with van der Waals surface area (Å²) in [6.07, 6.45) is 2.50. The molecule has 0 aromatic heterocycles. The van der Waals surface area contributed by atoms with Crippen molar-refractivity contribution in [3.63, 3.8) is 0 Å². The number of aliphatic hydroxyl groups is 2. The number of nitrogens with one attached hydrogen (secondary N) is 4. The summed E-state index contributed by atoms with van der Waals surface area (Å²) in [6.45, 7) is 16.7. The molecular formula is C59H90N6O16. The van der Waals surface area contributed by atoms with Crippen molar-refractivity contribution >= 4 is 35.4 Å². The number of urea groups is 1. The van der Waals surface area contributed by atoms with E-state index in [1.165, 1.54) is 0 Å². The zero-order valence-electron chi connectivity index (χ0n) is 47.9. The lowest BCUT2D eigenvalue weighted by Gasteiger charge is -2.47. The molecule has 3 unspecified atom stereocenters. The highest BCUT2D eigenvalue weighted by atomic mass is 16.7. The molecule has 7 fully saturated rings. The van der Waals surface area contributed by atoms with Gasteiger partial charge in [-0.25, -0.2) is 9.59 Å². The van der Waals surface area contributed by atoms with E-state index in [9.17, 15) is 34.2 Å². The van der Waals surface area contributed by atoms with E-state index in [0.29, 0.717) is 62.1 Å². The van der Waals surface area contributed by atoms with E-state index >= 15 is 0 Å². The number of rotatable bonds is 26. The van der Waals surface area contributed by atoms with Gasteiger partial charge >= 0.3 is 12.1 Å². The fourth-order valence-electron chi connectivity index (χ4n) is 12.8. The second-order valence-electron chi connectivity index (χ2n) is 24.1. The van der Waals surface area contributed by atoms with Crippen molar-refractivity contribution < 1.29 is 76.8 Å². The van der Waals surface area contributed by atoms with E-state index in [1.54, 1.807) is 45.2 Å². The van der Waals surface area contributed by atoms with Gasteiger partial charge in [-0.05, 0) is 105 Å². The van der Waals surface area contributed by atoms with Gasteiger partial charge in [-0.15, -0.1) is 0 Å². The predicted molar refractivity (Wildman–Crippen MR) is 296 cm³/mol. The average Bonchev–Trinajstić information content (AvgIpc) is 4.21. The lowest BCUT2D eigenvalue weighted by Crippen LogP contribution is -2.58. The van der Waals surface area contributed by atoms with Gasteiger partial charge in [0.05, 0.1) is 85.9 Å². The molecule has 1 aromatic carbocycles. The minimum absolute atomic E-state index is 0.0140. The van der Waals surface area contributed by atoms with Crippen LogP contribution < -0.4 is 32.7 Å². The first kappa shape index (κ1) is 62.5. The quantitative estimate of drug-likeness (QED) is 0.0468. The Balaban J connectivity index is 0.738. The Bertz CT molecular complexity index is 2330. The van der Waals surface area contributed by atoms with Crippen LogP contribution in [0.1, 0.15) is 130 Å². The van der Waals surface area contributed by atoms with Crippen LogP contribution >= 0.6 is 0 Å². The van der Waals surface area contributed by atoms with Gasteiger partial charge < -0.3 is 85.6 Å². The largest absolute Gasteiger partial charge is 0.445 e. The molecule has 0 spiro atoms. The first-order valence-corrected chi connectivity index (χ1v) is 29.4. The van der Waals surface area contributed by atoms with Crippen LogP contribution in [0.25, 0.3) is 0 Å². The minimum atomic E-state index is -1.02. The SMILES string of the molecule is C=C1C[C@H](CC[C@]23C[C@@H](O)[C@H](O2)[C@H]2C[C@@H](O3)[C@H]3O[C@@H](CC(=O)C[C@H]4CO[C@H](C[C@H](O)CNC(=O)OCc5ccc(NC(=O)C(CCCNC(N)=O)NC(=O)C(N)C(C)C)cc5)[C@@H]4OC)CC[C@@H]3O2)O[C@H]1CCC1C[C@@H](C)C(=C)[C@@H](C)O1. The van der Waals surface area contributed by atoms with E-state index < -0.39 is 78.4 Å². The zero-order valence-corrected chi connectivity index (χ0v) is 47.9. The van der Waals surface area contributed by atoms with Gasteiger partial charge in [0.1, 0.15) is 30.6 Å². The van der Waals surface area contributed by atoms with Gasteiger partial charge in [0.15, 0.2) is 5.79 Å². The summed E-state index contributed by atoms with van der Waals surface area (Å²) in [7, 11) is 1.56. The number of carbonyl (C=O) groups is 5. The smallest absolute Gasteiger partial charge is 0.407 e. The zero-order chi connectivity index (χ0) is 58.1. The topological polar surface area (TPSA) is 309 Å². The number of ether oxygens (including phenoxy) is 9. The first-order chi connectivity index (χ1) is 38.7. The van der Waals surface area contributed by atoms with E-state index in [1.807, 2.05) is 0 Å². The van der Waals surface area contributed by atoms with E-state index in [-0.39, 0.29) is 118 Å². The maximum atomic E-state index is 13.8. The Morgan fingerprint density at radius 3 is 2.38 bits per heavy atom. The summed E-state index contributed by atoms with van der Waals surface area (Å²) in [5, 5.41) is 32.7. The highest BCUT2D eigenvalue weighted by Gasteiger charge is 2.59. The number of ketones is 1. The molecule has 7 saturated heterocycles. The second-order valence-corrected chi connectivity index (χ2v) is 24.1. The van der Waals surface area contributed by atoms with E-state index in [2.05, 4.69) is 48.3 Å². The number of methoxy groups -OCH3 is 1. The highest BCUT2D eigenvalue weighted by Crippen LogP contribution is 2.49. The molecule has 0 saturated carbocycles. The van der Waals surface area contributed by atoms with Crippen LogP contribution in [0.3, 0.4) is 0 Å². The fraction of sp³-hybridized carbons (Fsp3) is 0.746. The molecule has 22 heteroatoms. The van der Waals surface area contributed by atoms with Gasteiger partial charge in [0.25, 0.3) is 0 Å². The predicted octanol–water partition coefficient (Wildman–Crippen LogP) is 4.49. The van der Waals surface area contributed by atoms with Crippen molar-refractivity contribution in [2.45, 2.75) is 234 Å². The van der Waals surface area contributed by atoms with Gasteiger partial charge in [-0.3, -0.25) is 14.4 Å². The summed E-state index contributed by atoms with van der Waals surface area (Å²) >= 11 is 0. The molecule has 8 rings (SSSR count). The number of carbonyl (C=O) groups excluding carboxylic acids is 5. The summed E-state index contributed by atoms with van der Waals surface area (Å²) in [5.74, 6) is -1.93. The number of alkyl carbamates (subject to hydrolysis) is 1. The maximum absolute atomic E-state index is 13.8. The van der Waals surface area contributed by atoms with Crippen LogP contribution in [0.15, 0.2) is 48.6 Å². The van der Waals surface area contributed by atoms with Crippen molar-refractivity contribution in [1.82, 2.24) is 16.0 Å². The number of hydrogen-bond acceptors (Lipinski definition) is 17. The summed E-state index contributed by atoms with van der Waals surface area (Å²) in [6, 6.07) is 4.14. The average molecular weight is 1140 g/mol. The van der Waals surface area contributed by atoms with Gasteiger partial charge in [-0.2, -0.15) is 0 Å². The minimum Gasteiger partial charge on any atom is -0.445 e. The number of Topliss-reactive ketones (excluding diaryl/α,β-unsaturated/α-hetero) is 1. The molecule has 7 aliphatic rings. The number of benzene rings is 1. The van der Waals surface area contributed by atoms with Crippen molar-refractivity contribution in [1.29, 1.82) is 0 Å². The Kier molecular flexibility index (Phi) is 21.8. The number of primary amides is 1. The van der Waals surface area contributed by atoms with E-state index in [0.717, 1.165) is 36.8 Å². The first-order valence-electron chi connectivity index (χ1n) is 29.4. The monoisotopic (exact) mass is 1140 g/mol. The molecule has 10 N–H and O–H groups in total. The number of amides is 5. The Hall–Kier alpha value is -4.59. The Morgan fingerprint density at radius 1 is 0.877 bits per heavy atom. The van der Waals surface area contributed by atoms with Gasteiger partial charge in [0, 0.05) is 70.3 Å². The Labute approximate surface area is 476 Å². The summed E-state index contributed by atoms with van der Waals surface area (Å²) < 4.78 is 57.0. The number of anilines is 1. The highest BCUT2D eigenvalue weighted by molar-refractivity contribution is 5.97. The van der Waals surface area contributed by atoms with Crippen LogP contribution in [0.4, 0.5) is 15.3 Å². The fourth-order valence-corrected chi connectivity index (χ4v) is 12.8. The number of aliphatic hydroxyl groups excluding tert-OH is 2. The van der Waals surface area contributed by atoms with Crippen molar-refractivity contribution in [2.75, 3.05) is 32.1 Å². The second kappa shape index (κ2) is 28.3. The van der Waals surface area contributed by atoms with Crippen molar-refractivity contribution in [3.05, 3.63) is 54.1 Å². The molecule has 0 aliphatic carbocycles. The molecule has 1 aromatic rings. The van der Waals surface area contributed by atoms with Crippen LogP contribution in [-0.4, -0.2) is 170 Å². The van der Waals surface area contributed by atoms with Crippen LogP contribution in [0.2, 0.25) is 0 Å². The van der Waals surface area contributed by atoms with Crippen LogP contribution in [0, 0.1) is 17.8 Å². The lowest BCUT2D eigenvalue weighted by molar-refractivity contribution is -0.277. The molecule has 0 radical (unpaired) electrons. The molecule has 4 bridgehead atoms. The third kappa shape index (κ3) is 16.6. The van der Waals surface area contributed by atoms with Crippen LogP contribution in [0.5, 0.6) is 0 Å². The molecular weight excluding hydrogens is 1050 g/mol. The van der Waals surface area contributed by atoms with Crippen LogP contribution in [-0.2, 0) is 63.6 Å². The third-order valence-corrected chi connectivity index (χ3v) is 17.5. The standard InChI is InChI=1S/C59H90N6O16/c1-31(2)51(60)56(70)65-44(9-8-20-62-57(61)71)55(69)64-38-12-10-36(11-13-38)29-75-58(72)63-28-40(67)25-48-52(73-7)37(30-74-48)23-39(66)24-42-15-17-47-54(78-42)50-26-49(79-47)53-45(68)27-59(80-50,81-53)19-18-43-22-33(4)46(77-43)16-14-41-21-32(3)34(5)35(6)76-41/h10-13,31-32,35,37,40-54,67-68H,4-5,8-9,14-30,60H2,1-3,6-7H3,(H,63,72)(H,64,69)(H,65,70)(H3,61,62,71)/t32-,35-,37+,40+,41?,42-,43+,44?,45-,46+,47+,48-,49-,50-,51?,52-,53+,54+,59-/m1/s1. The number of nitrogens with two attached hydrogens (primary N) is 2. The Morgan fingerprint density at radius 2 is 1.65 bits per heavy atom. The van der Waals surface area contributed by atoms with Crippen molar-refractivity contribution in [3.8, 4) is 0 Å². The number of fused-ring (bicyclic) bond motifs is 7. The molecule has 452 valence electrons. The molecule has 81 heavy (non-hydrogen) atoms. The summed E-state index contributed by atoms with van der Waals surface area (Å²) in [4.78, 5) is 63.4. The summed E-state index contributed by atoms with van der Waals surface area (Å²) in [5.41, 5.74) is 14.5. The maximum Gasteiger partial charge on any atom is 0.407 e. The van der Waals surface area contributed by atoms with E-state index in [4.69, 9.17) is 54.1 Å². The molecule has 7 aliphatic heterocycles.